The van der Waals surface area contributed by atoms with Crippen LogP contribution in [-0.2, 0) is 12.6 Å². The first-order chi connectivity index (χ1) is 7.88. The normalized spacial score (nSPS) is 14.2. The molecule has 1 nitrogen and oxygen atoms in total. The van der Waals surface area contributed by atoms with Crippen LogP contribution in [0.1, 0.15) is 17.4 Å². The Bertz CT molecular complexity index is 528. The number of hydrogen-bond donors (Lipinski definition) is 1. The molecule has 0 spiro atoms. The second-order valence-corrected chi connectivity index (χ2v) is 5.25. The van der Waals surface area contributed by atoms with Gasteiger partial charge in [0.05, 0.1) is 5.56 Å². The molecule has 92 valence electrons. The lowest BCUT2D eigenvalue weighted by Gasteiger charge is -2.06. The fourth-order valence-electron chi connectivity index (χ4n) is 1.76. The zero-order valence-corrected chi connectivity index (χ0v) is 10.0. The van der Waals surface area contributed by atoms with Crippen molar-refractivity contribution in [1.29, 1.82) is 0 Å². The average molecular weight is 259 g/mol. The van der Waals surface area contributed by atoms with Crippen molar-refractivity contribution in [2.24, 2.45) is 5.73 Å². The summed E-state index contributed by atoms with van der Waals surface area (Å²) in [6.07, 6.45) is -3.69. The Balaban J connectivity index is 2.53. The summed E-state index contributed by atoms with van der Waals surface area (Å²) in [5.74, 6) is 0. The van der Waals surface area contributed by atoms with Gasteiger partial charge in [-0.1, -0.05) is 12.1 Å². The molecule has 17 heavy (non-hydrogen) atoms. The molecule has 2 aromatic rings. The number of halogens is 3. The van der Waals surface area contributed by atoms with Crippen molar-refractivity contribution >= 4 is 21.4 Å². The molecule has 0 radical (unpaired) electrons. The van der Waals surface area contributed by atoms with Gasteiger partial charge in [-0.15, -0.1) is 11.3 Å². The molecule has 0 saturated carbocycles. The molecule has 0 aliphatic carbocycles. The van der Waals surface area contributed by atoms with E-state index in [1.54, 1.807) is 12.1 Å². The molecule has 1 heterocycles. The molecule has 2 N–H and O–H groups in total. The summed E-state index contributed by atoms with van der Waals surface area (Å²) in [4.78, 5) is 0.895. The molecule has 5 heteroatoms. The molecule has 0 fully saturated rings. The fourth-order valence-corrected chi connectivity index (χ4v) is 3.09. The van der Waals surface area contributed by atoms with Crippen LogP contribution in [0.4, 0.5) is 13.2 Å². The first-order valence-corrected chi connectivity index (χ1v) is 6.04. The van der Waals surface area contributed by atoms with Crippen molar-refractivity contribution in [3.8, 4) is 0 Å². The highest BCUT2D eigenvalue weighted by Crippen LogP contribution is 2.38. The predicted molar refractivity (Wildman–Crippen MR) is 64.2 cm³/mol. The summed E-state index contributed by atoms with van der Waals surface area (Å²) in [5.41, 5.74) is 5.10. The summed E-state index contributed by atoms with van der Waals surface area (Å²) in [6, 6.07) is 6.00. The standard InChI is InChI=1S/C12H12F3NS/c1-7(16)5-9-6-8-3-2-4-10(11(8)17-9)12(13,14)15/h2-4,6-7H,5,16H2,1H3. The van der Waals surface area contributed by atoms with Crippen molar-refractivity contribution in [1.82, 2.24) is 0 Å². The zero-order chi connectivity index (χ0) is 12.6. The van der Waals surface area contributed by atoms with E-state index < -0.39 is 11.7 Å². The van der Waals surface area contributed by atoms with Crippen LogP contribution in [0.25, 0.3) is 10.1 Å². The number of thiophene rings is 1. The molecule has 1 atom stereocenters. The molecule has 0 bridgehead atoms. The summed E-state index contributed by atoms with van der Waals surface area (Å²) < 4.78 is 38.6. The Kier molecular flexibility index (Phi) is 3.14. The van der Waals surface area contributed by atoms with Gasteiger partial charge in [-0.3, -0.25) is 0 Å². The minimum atomic E-state index is -4.30. The van der Waals surface area contributed by atoms with Crippen LogP contribution >= 0.6 is 11.3 Å². The van der Waals surface area contributed by atoms with Gasteiger partial charge in [0, 0.05) is 15.6 Å². The Hall–Kier alpha value is -1.07. The minimum absolute atomic E-state index is 0.0441. The van der Waals surface area contributed by atoms with Crippen LogP contribution in [0.15, 0.2) is 24.3 Å². The Morgan fingerprint density at radius 3 is 2.65 bits per heavy atom. The SMILES string of the molecule is CC(N)Cc1cc2cccc(C(F)(F)F)c2s1. The van der Waals surface area contributed by atoms with Gasteiger partial charge in [0.15, 0.2) is 0 Å². The van der Waals surface area contributed by atoms with E-state index in [1.165, 1.54) is 17.4 Å². The zero-order valence-electron chi connectivity index (χ0n) is 9.21. The van der Waals surface area contributed by atoms with E-state index in [9.17, 15) is 13.2 Å². The maximum Gasteiger partial charge on any atom is 0.417 e. The summed E-state index contributed by atoms with van der Waals surface area (Å²) in [6.45, 7) is 1.84. The van der Waals surface area contributed by atoms with Gasteiger partial charge in [-0.2, -0.15) is 13.2 Å². The predicted octanol–water partition coefficient (Wildman–Crippen LogP) is 3.81. The average Bonchev–Trinajstić information content (AvgIpc) is 2.55. The maximum absolute atomic E-state index is 12.8. The number of alkyl halides is 3. The van der Waals surface area contributed by atoms with Gasteiger partial charge >= 0.3 is 6.18 Å². The van der Waals surface area contributed by atoms with Crippen molar-refractivity contribution in [3.05, 3.63) is 34.7 Å². The summed E-state index contributed by atoms with van der Waals surface area (Å²) in [7, 11) is 0. The van der Waals surface area contributed by atoms with E-state index in [-0.39, 0.29) is 6.04 Å². The maximum atomic E-state index is 12.8. The Morgan fingerprint density at radius 2 is 2.06 bits per heavy atom. The third kappa shape index (κ3) is 2.61. The molecular weight excluding hydrogens is 247 g/mol. The van der Waals surface area contributed by atoms with E-state index >= 15 is 0 Å². The van der Waals surface area contributed by atoms with Crippen LogP contribution in [0.2, 0.25) is 0 Å². The lowest BCUT2D eigenvalue weighted by atomic mass is 10.1. The van der Waals surface area contributed by atoms with Gasteiger partial charge in [-0.25, -0.2) is 0 Å². The third-order valence-electron chi connectivity index (χ3n) is 2.42. The number of nitrogens with two attached hydrogens (primary N) is 1. The van der Waals surface area contributed by atoms with Gasteiger partial charge in [0.25, 0.3) is 0 Å². The molecule has 1 unspecified atom stereocenters. The summed E-state index contributed by atoms with van der Waals surface area (Å²) in [5, 5.41) is 0.639. The van der Waals surface area contributed by atoms with E-state index in [2.05, 4.69) is 0 Å². The monoisotopic (exact) mass is 259 g/mol. The highest BCUT2D eigenvalue weighted by atomic mass is 32.1. The van der Waals surface area contributed by atoms with Crippen LogP contribution in [0.5, 0.6) is 0 Å². The highest BCUT2D eigenvalue weighted by Gasteiger charge is 2.33. The minimum Gasteiger partial charge on any atom is -0.328 e. The molecule has 0 saturated heterocycles. The molecule has 0 amide bonds. The molecule has 0 aliphatic heterocycles. The first-order valence-electron chi connectivity index (χ1n) is 5.22. The van der Waals surface area contributed by atoms with Crippen molar-refractivity contribution in [3.63, 3.8) is 0 Å². The second-order valence-electron chi connectivity index (χ2n) is 4.12. The number of hydrogen-bond acceptors (Lipinski definition) is 2. The van der Waals surface area contributed by atoms with Gasteiger partial charge in [-0.05, 0) is 30.9 Å². The fraction of sp³-hybridized carbons (Fsp3) is 0.333. The number of rotatable bonds is 2. The molecule has 1 aromatic carbocycles. The second kappa shape index (κ2) is 4.31. The lowest BCUT2D eigenvalue weighted by molar-refractivity contribution is -0.136. The summed E-state index contributed by atoms with van der Waals surface area (Å²) >= 11 is 1.18. The van der Waals surface area contributed by atoms with E-state index in [0.29, 0.717) is 16.5 Å². The lowest BCUT2D eigenvalue weighted by Crippen LogP contribution is -2.16. The molecule has 0 aliphatic rings. The number of fused-ring (bicyclic) bond motifs is 1. The van der Waals surface area contributed by atoms with Crippen molar-refractivity contribution in [2.45, 2.75) is 25.6 Å². The van der Waals surface area contributed by atoms with Crippen LogP contribution in [0.3, 0.4) is 0 Å². The van der Waals surface area contributed by atoms with Crippen LogP contribution in [-0.4, -0.2) is 6.04 Å². The highest BCUT2D eigenvalue weighted by molar-refractivity contribution is 7.19. The van der Waals surface area contributed by atoms with E-state index in [0.717, 1.165) is 10.9 Å². The molecular formula is C12H12F3NS. The molecule has 1 aromatic heterocycles. The van der Waals surface area contributed by atoms with Gasteiger partial charge in [0.1, 0.15) is 0 Å². The smallest absolute Gasteiger partial charge is 0.328 e. The van der Waals surface area contributed by atoms with Gasteiger partial charge < -0.3 is 5.73 Å². The molecule has 2 rings (SSSR count). The van der Waals surface area contributed by atoms with Crippen LogP contribution in [0, 0.1) is 0 Å². The number of benzene rings is 1. The van der Waals surface area contributed by atoms with Crippen molar-refractivity contribution in [2.75, 3.05) is 0 Å². The Morgan fingerprint density at radius 1 is 1.35 bits per heavy atom. The third-order valence-corrected chi connectivity index (χ3v) is 3.63. The topological polar surface area (TPSA) is 26.0 Å². The quantitative estimate of drug-likeness (QED) is 0.872. The Labute approximate surface area is 101 Å². The van der Waals surface area contributed by atoms with E-state index in [1.807, 2.05) is 6.92 Å². The largest absolute Gasteiger partial charge is 0.417 e. The van der Waals surface area contributed by atoms with E-state index in [4.69, 9.17) is 5.73 Å². The van der Waals surface area contributed by atoms with Gasteiger partial charge in [0.2, 0.25) is 0 Å². The van der Waals surface area contributed by atoms with Crippen LogP contribution < -0.4 is 5.73 Å². The first kappa shape index (κ1) is 12.4. The van der Waals surface area contributed by atoms with Crippen molar-refractivity contribution < 1.29 is 13.2 Å².